The molecular formula is C16H17N5O2S2. The number of nitrogens with zero attached hydrogens (tertiary/aromatic N) is 5. The third kappa shape index (κ3) is 3.88. The molecule has 1 N–H and O–H groups in total. The van der Waals surface area contributed by atoms with Gasteiger partial charge in [-0.2, -0.15) is 4.68 Å². The van der Waals surface area contributed by atoms with E-state index in [1.54, 1.807) is 29.7 Å². The van der Waals surface area contributed by atoms with Crippen molar-refractivity contribution in [1.82, 2.24) is 25.2 Å². The van der Waals surface area contributed by atoms with E-state index < -0.39 is 5.97 Å². The number of carboxylic acid groups (broad SMARTS) is 1. The lowest BCUT2D eigenvalue weighted by molar-refractivity contribution is 0.0701. The van der Waals surface area contributed by atoms with Crippen molar-refractivity contribution in [2.24, 2.45) is 5.92 Å². The first-order valence-corrected chi connectivity index (χ1v) is 9.47. The summed E-state index contributed by atoms with van der Waals surface area (Å²) in [6.07, 6.45) is 1.55. The Labute approximate surface area is 153 Å². The number of carbonyl (C=O) groups is 1. The molecule has 0 spiro atoms. The molecule has 9 heteroatoms. The van der Waals surface area contributed by atoms with Crippen molar-refractivity contribution >= 4 is 29.1 Å². The van der Waals surface area contributed by atoms with Gasteiger partial charge in [0.1, 0.15) is 16.2 Å². The van der Waals surface area contributed by atoms with Crippen molar-refractivity contribution < 1.29 is 9.90 Å². The van der Waals surface area contributed by atoms with E-state index in [0.29, 0.717) is 16.6 Å². The van der Waals surface area contributed by atoms with Gasteiger partial charge in [0.25, 0.3) is 0 Å². The fourth-order valence-corrected chi connectivity index (χ4v) is 4.08. The Morgan fingerprint density at radius 2 is 2.20 bits per heavy atom. The number of thiazole rings is 1. The van der Waals surface area contributed by atoms with Crippen LogP contribution in [0.15, 0.2) is 29.4 Å². The standard InChI is InChI=1S/C16H17N5O2S2/c1-9(2)7-24-13-5-4-11(6-12(13)21-8-17-19-20-21)15-18-10(3)14(25-15)16(22)23/h4-6,8-9H,7H2,1-3H3,(H,22,23). The van der Waals surface area contributed by atoms with Gasteiger partial charge in [0.05, 0.1) is 11.4 Å². The third-order valence-corrected chi connectivity index (χ3v) is 6.05. The first kappa shape index (κ1) is 17.6. The molecule has 7 nitrogen and oxygen atoms in total. The number of hydrogen-bond donors (Lipinski definition) is 1. The molecule has 2 aromatic heterocycles. The van der Waals surface area contributed by atoms with Crippen molar-refractivity contribution in [3.8, 4) is 16.3 Å². The Hall–Kier alpha value is -2.26. The predicted molar refractivity (Wildman–Crippen MR) is 97.5 cm³/mol. The lowest BCUT2D eigenvalue weighted by Crippen LogP contribution is -2.00. The van der Waals surface area contributed by atoms with E-state index in [-0.39, 0.29) is 4.88 Å². The second-order valence-electron chi connectivity index (χ2n) is 5.88. The highest BCUT2D eigenvalue weighted by Gasteiger charge is 2.17. The first-order valence-electron chi connectivity index (χ1n) is 7.67. The van der Waals surface area contributed by atoms with Gasteiger partial charge in [0, 0.05) is 16.2 Å². The number of tetrazole rings is 1. The van der Waals surface area contributed by atoms with E-state index in [4.69, 9.17) is 0 Å². The summed E-state index contributed by atoms with van der Waals surface area (Å²) in [5.74, 6) is 0.589. The summed E-state index contributed by atoms with van der Waals surface area (Å²) in [4.78, 5) is 17.0. The zero-order valence-electron chi connectivity index (χ0n) is 14.0. The number of aromatic carboxylic acids is 1. The molecule has 0 aliphatic rings. The van der Waals surface area contributed by atoms with Crippen LogP contribution in [-0.2, 0) is 0 Å². The van der Waals surface area contributed by atoms with Gasteiger partial charge in [-0.1, -0.05) is 19.9 Å². The Morgan fingerprint density at radius 3 is 2.80 bits per heavy atom. The van der Waals surface area contributed by atoms with Crippen LogP contribution in [0.4, 0.5) is 0 Å². The van der Waals surface area contributed by atoms with Gasteiger partial charge in [0.2, 0.25) is 0 Å². The maximum Gasteiger partial charge on any atom is 0.347 e. The molecule has 0 amide bonds. The molecular weight excluding hydrogens is 358 g/mol. The number of benzene rings is 1. The Bertz CT molecular complexity index is 890. The molecule has 0 atom stereocenters. The minimum atomic E-state index is -0.953. The lowest BCUT2D eigenvalue weighted by Gasteiger charge is -2.11. The third-order valence-electron chi connectivity index (χ3n) is 3.36. The summed E-state index contributed by atoms with van der Waals surface area (Å²) in [6, 6.07) is 5.92. The molecule has 0 aliphatic heterocycles. The van der Waals surface area contributed by atoms with Crippen LogP contribution in [0.25, 0.3) is 16.3 Å². The normalized spacial score (nSPS) is 11.2. The van der Waals surface area contributed by atoms with Crippen LogP contribution < -0.4 is 0 Å². The summed E-state index contributed by atoms with van der Waals surface area (Å²) in [6.45, 7) is 6.05. The number of hydrogen-bond acceptors (Lipinski definition) is 7. The zero-order chi connectivity index (χ0) is 18.0. The second-order valence-corrected chi connectivity index (χ2v) is 7.94. The molecule has 130 valence electrons. The van der Waals surface area contributed by atoms with Crippen molar-refractivity contribution in [3.05, 3.63) is 35.1 Å². The molecule has 25 heavy (non-hydrogen) atoms. The van der Waals surface area contributed by atoms with E-state index in [1.165, 1.54) is 11.3 Å². The highest BCUT2D eigenvalue weighted by atomic mass is 32.2. The molecule has 0 radical (unpaired) electrons. The summed E-state index contributed by atoms with van der Waals surface area (Å²) in [7, 11) is 0. The van der Waals surface area contributed by atoms with Gasteiger partial charge < -0.3 is 5.11 Å². The van der Waals surface area contributed by atoms with Crippen LogP contribution in [0.3, 0.4) is 0 Å². The van der Waals surface area contributed by atoms with Crippen LogP contribution >= 0.6 is 23.1 Å². The fraction of sp³-hybridized carbons (Fsp3) is 0.312. The van der Waals surface area contributed by atoms with E-state index in [9.17, 15) is 9.90 Å². The number of aromatic nitrogens is 5. The number of thioether (sulfide) groups is 1. The van der Waals surface area contributed by atoms with Crippen molar-refractivity contribution in [2.45, 2.75) is 25.7 Å². The Morgan fingerprint density at radius 1 is 1.40 bits per heavy atom. The van der Waals surface area contributed by atoms with Crippen LogP contribution in [0.1, 0.15) is 29.2 Å². The maximum atomic E-state index is 11.3. The minimum Gasteiger partial charge on any atom is -0.477 e. The van der Waals surface area contributed by atoms with Crippen molar-refractivity contribution in [1.29, 1.82) is 0 Å². The van der Waals surface area contributed by atoms with Gasteiger partial charge in [0.15, 0.2) is 0 Å². The van der Waals surface area contributed by atoms with Crippen LogP contribution in [0, 0.1) is 12.8 Å². The van der Waals surface area contributed by atoms with Gasteiger partial charge in [-0.25, -0.2) is 9.78 Å². The summed E-state index contributed by atoms with van der Waals surface area (Å²) < 4.78 is 1.62. The molecule has 0 unspecified atom stereocenters. The monoisotopic (exact) mass is 375 g/mol. The van der Waals surface area contributed by atoms with Gasteiger partial charge in [-0.15, -0.1) is 28.2 Å². The van der Waals surface area contributed by atoms with E-state index in [1.807, 2.05) is 18.2 Å². The topological polar surface area (TPSA) is 93.8 Å². The first-order chi connectivity index (χ1) is 12.0. The van der Waals surface area contributed by atoms with Crippen molar-refractivity contribution in [2.75, 3.05) is 5.75 Å². The highest BCUT2D eigenvalue weighted by molar-refractivity contribution is 7.99. The lowest BCUT2D eigenvalue weighted by atomic mass is 10.2. The Kier molecular flexibility index (Phi) is 5.14. The summed E-state index contributed by atoms with van der Waals surface area (Å²) >= 11 is 2.92. The SMILES string of the molecule is Cc1nc(-c2ccc(SCC(C)C)c(-n3cnnn3)c2)sc1C(=O)O. The average Bonchev–Trinajstić information content (AvgIpc) is 3.22. The number of aryl methyl sites for hydroxylation is 1. The number of carboxylic acids is 1. The smallest absolute Gasteiger partial charge is 0.347 e. The predicted octanol–water partition coefficient (Wildman–Crippen LogP) is 3.54. The molecule has 0 bridgehead atoms. The summed E-state index contributed by atoms with van der Waals surface area (Å²) in [5.41, 5.74) is 2.23. The maximum absolute atomic E-state index is 11.3. The molecule has 3 rings (SSSR count). The van der Waals surface area contributed by atoms with Crippen molar-refractivity contribution in [3.63, 3.8) is 0 Å². The highest BCUT2D eigenvalue weighted by Crippen LogP contribution is 2.34. The zero-order valence-corrected chi connectivity index (χ0v) is 15.6. The quantitative estimate of drug-likeness (QED) is 0.659. The van der Waals surface area contributed by atoms with E-state index in [2.05, 4.69) is 34.4 Å². The largest absolute Gasteiger partial charge is 0.477 e. The van der Waals surface area contributed by atoms with Crippen LogP contribution in [0.5, 0.6) is 0 Å². The Balaban J connectivity index is 2.03. The minimum absolute atomic E-state index is 0.261. The fourth-order valence-electron chi connectivity index (χ4n) is 2.20. The molecule has 0 saturated heterocycles. The molecule has 2 heterocycles. The van der Waals surface area contributed by atoms with E-state index >= 15 is 0 Å². The molecule has 0 saturated carbocycles. The molecule has 3 aromatic rings. The molecule has 0 aliphatic carbocycles. The van der Waals surface area contributed by atoms with Crippen LogP contribution in [-0.4, -0.2) is 42.0 Å². The van der Waals surface area contributed by atoms with Gasteiger partial charge >= 0.3 is 5.97 Å². The summed E-state index contributed by atoms with van der Waals surface area (Å²) in [5, 5.41) is 21.3. The van der Waals surface area contributed by atoms with E-state index in [0.717, 1.165) is 21.9 Å². The average molecular weight is 375 g/mol. The number of rotatable bonds is 6. The van der Waals surface area contributed by atoms with Gasteiger partial charge in [-0.05, 0) is 35.4 Å². The molecule has 1 aromatic carbocycles. The second kappa shape index (κ2) is 7.32. The molecule has 0 fully saturated rings. The van der Waals surface area contributed by atoms with Gasteiger partial charge in [-0.3, -0.25) is 0 Å². The van der Waals surface area contributed by atoms with Crippen LogP contribution in [0.2, 0.25) is 0 Å².